The van der Waals surface area contributed by atoms with Gasteiger partial charge in [0.1, 0.15) is 5.75 Å². The fourth-order valence-corrected chi connectivity index (χ4v) is 5.85. The maximum absolute atomic E-state index is 13.1. The van der Waals surface area contributed by atoms with Crippen LogP contribution in [0, 0.1) is 11.3 Å². The second-order valence-corrected chi connectivity index (χ2v) is 12.7. The third-order valence-corrected chi connectivity index (χ3v) is 8.39. The average Bonchev–Trinajstić information content (AvgIpc) is 2.94. The molecule has 3 heterocycles. The molecule has 224 valence electrons. The van der Waals surface area contributed by atoms with Gasteiger partial charge in [-0.2, -0.15) is 0 Å². The third-order valence-electron chi connectivity index (χ3n) is 8.39. The predicted molar refractivity (Wildman–Crippen MR) is 155 cm³/mol. The topological polar surface area (TPSA) is 98.4 Å². The summed E-state index contributed by atoms with van der Waals surface area (Å²) in [5.74, 6) is 1.32. The first kappa shape index (κ1) is 30.8. The van der Waals surface area contributed by atoms with Crippen LogP contribution in [0.4, 0.5) is 5.69 Å². The molecule has 0 radical (unpaired) electrons. The van der Waals surface area contributed by atoms with E-state index in [1.807, 2.05) is 50.8 Å². The Morgan fingerprint density at radius 3 is 2.67 bits per heavy atom. The fourth-order valence-electron chi connectivity index (χ4n) is 5.85. The smallest absolute Gasteiger partial charge is 0.270 e. The highest BCUT2D eigenvalue weighted by molar-refractivity contribution is 6.02. The molecule has 0 aromatic heterocycles. The van der Waals surface area contributed by atoms with E-state index >= 15 is 0 Å². The van der Waals surface area contributed by atoms with E-state index in [1.165, 1.54) is 0 Å². The lowest BCUT2D eigenvalue weighted by Gasteiger charge is -2.39. The van der Waals surface area contributed by atoms with Crippen molar-refractivity contribution in [2.45, 2.75) is 90.6 Å². The van der Waals surface area contributed by atoms with E-state index in [0.29, 0.717) is 37.5 Å². The van der Waals surface area contributed by atoms with Crippen molar-refractivity contribution in [3.63, 3.8) is 0 Å². The van der Waals surface area contributed by atoms with Crippen LogP contribution >= 0.6 is 0 Å². The van der Waals surface area contributed by atoms with Gasteiger partial charge >= 0.3 is 0 Å². The van der Waals surface area contributed by atoms with Crippen LogP contribution in [-0.4, -0.2) is 76.1 Å². The lowest BCUT2D eigenvalue weighted by molar-refractivity contribution is -0.132. The number of rotatable bonds is 12. The normalized spacial score (nSPS) is 23.4. The first-order chi connectivity index (χ1) is 19.1. The summed E-state index contributed by atoms with van der Waals surface area (Å²) in [6.07, 6.45) is 5.61. The van der Waals surface area contributed by atoms with E-state index in [9.17, 15) is 9.59 Å². The molecule has 2 atom stereocenters. The number of hydrogen-bond acceptors (Lipinski definition) is 7. The molecular formula is C31H49N3O6. The van der Waals surface area contributed by atoms with Crippen LogP contribution in [0.15, 0.2) is 18.2 Å². The van der Waals surface area contributed by atoms with Gasteiger partial charge in [0.05, 0.1) is 18.4 Å². The second kappa shape index (κ2) is 13.6. The zero-order chi connectivity index (χ0) is 28.8. The number of amides is 2. The molecule has 2 amide bonds. The number of fused-ring (bicyclic) bond motifs is 1. The highest BCUT2D eigenvalue weighted by Gasteiger charge is 2.41. The zero-order valence-electron chi connectivity index (χ0n) is 25.1. The van der Waals surface area contributed by atoms with Gasteiger partial charge in [-0.1, -0.05) is 19.9 Å². The van der Waals surface area contributed by atoms with Gasteiger partial charge in [-0.05, 0) is 76.0 Å². The highest BCUT2D eigenvalue weighted by atomic mass is 16.5. The number of ether oxygens (including phenoxy) is 4. The Balaban J connectivity index is 1.24. The van der Waals surface area contributed by atoms with Crippen molar-refractivity contribution in [2.75, 3.05) is 51.5 Å². The Kier molecular flexibility index (Phi) is 10.5. The summed E-state index contributed by atoms with van der Waals surface area (Å²) < 4.78 is 22.9. The van der Waals surface area contributed by atoms with Gasteiger partial charge < -0.3 is 34.5 Å². The van der Waals surface area contributed by atoms with Gasteiger partial charge in [0.15, 0.2) is 5.60 Å². The molecule has 9 heteroatoms. The van der Waals surface area contributed by atoms with Crippen LogP contribution in [0.3, 0.4) is 0 Å². The molecule has 0 aliphatic carbocycles. The summed E-state index contributed by atoms with van der Waals surface area (Å²) in [6, 6.07) is 6.25. The zero-order valence-corrected chi connectivity index (χ0v) is 25.1. The number of benzene rings is 1. The summed E-state index contributed by atoms with van der Waals surface area (Å²) in [6.45, 7) is 12.4. The Hall–Kier alpha value is -2.20. The van der Waals surface area contributed by atoms with Gasteiger partial charge in [-0.25, -0.2) is 0 Å². The van der Waals surface area contributed by atoms with Gasteiger partial charge in [-0.15, -0.1) is 0 Å². The van der Waals surface area contributed by atoms with Gasteiger partial charge in [0.25, 0.3) is 5.91 Å². The molecule has 1 aromatic carbocycles. The molecule has 3 aliphatic rings. The maximum Gasteiger partial charge on any atom is 0.270 e. The van der Waals surface area contributed by atoms with Gasteiger partial charge in [0, 0.05) is 58.0 Å². The van der Waals surface area contributed by atoms with E-state index < -0.39 is 11.0 Å². The van der Waals surface area contributed by atoms with Crippen molar-refractivity contribution >= 4 is 17.5 Å². The molecule has 0 bridgehead atoms. The largest absolute Gasteiger partial charge is 0.476 e. The standard InChI is InChI=1S/C31H49N3O6/c1-30(2,28(35)33-19-22-11-15-38-16-12-22)18-24-8-9-25(20-32-24)39-21-23-7-10-27-26(17-23)34(13-6-14-37-5)29(36)31(3,4)40-27/h7,10,17,22,24-25,32H,6,8-9,11-16,18-21H2,1-5H3,(H,33,35)/t24-,25+/m0/s1. The Bertz CT molecular complexity index is 999. The monoisotopic (exact) mass is 559 g/mol. The van der Waals surface area contributed by atoms with Crippen LogP contribution < -0.4 is 20.3 Å². The first-order valence-electron chi connectivity index (χ1n) is 14.9. The van der Waals surface area contributed by atoms with Crippen LogP contribution in [0.1, 0.15) is 71.8 Å². The van der Waals surface area contributed by atoms with Gasteiger partial charge in [0.2, 0.25) is 5.91 Å². The number of carbonyl (C=O) groups excluding carboxylic acids is 2. The lowest BCUT2D eigenvalue weighted by Crippen LogP contribution is -2.52. The number of nitrogens with zero attached hydrogens (tertiary/aromatic N) is 1. The summed E-state index contributed by atoms with van der Waals surface area (Å²) in [5.41, 5.74) is 0.474. The summed E-state index contributed by atoms with van der Waals surface area (Å²) >= 11 is 0. The van der Waals surface area contributed by atoms with E-state index in [2.05, 4.69) is 10.6 Å². The Morgan fingerprint density at radius 2 is 1.98 bits per heavy atom. The minimum Gasteiger partial charge on any atom is -0.476 e. The first-order valence-corrected chi connectivity index (χ1v) is 14.9. The van der Waals surface area contributed by atoms with Crippen LogP contribution in [-0.2, 0) is 30.4 Å². The molecule has 4 rings (SSSR count). The number of methoxy groups -OCH3 is 1. The van der Waals surface area contributed by atoms with Crippen LogP contribution in [0.2, 0.25) is 0 Å². The molecular weight excluding hydrogens is 510 g/mol. The van der Waals surface area contributed by atoms with Crippen molar-refractivity contribution in [3.8, 4) is 5.75 Å². The number of anilines is 1. The average molecular weight is 560 g/mol. The van der Waals surface area contributed by atoms with Crippen molar-refractivity contribution in [3.05, 3.63) is 23.8 Å². The molecule has 2 N–H and O–H groups in total. The fraction of sp³-hybridized carbons (Fsp3) is 0.742. The minimum atomic E-state index is -0.900. The van der Waals surface area contributed by atoms with Crippen molar-refractivity contribution in [1.29, 1.82) is 0 Å². The van der Waals surface area contributed by atoms with Crippen LogP contribution in [0.5, 0.6) is 5.75 Å². The van der Waals surface area contributed by atoms with Gasteiger partial charge in [-0.3, -0.25) is 9.59 Å². The quantitative estimate of drug-likeness (QED) is 0.376. The Labute approximate surface area is 239 Å². The highest BCUT2D eigenvalue weighted by Crippen LogP contribution is 2.39. The molecule has 2 fully saturated rings. The molecule has 9 nitrogen and oxygen atoms in total. The van der Waals surface area contributed by atoms with Crippen molar-refractivity contribution in [2.24, 2.45) is 11.3 Å². The van der Waals surface area contributed by atoms with E-state index in [-0.39, 0.29) is 17.9 Å². The number of piperidine rings is 1. The molecule has 0 spiro atoms. The SMILES string of the molecule is COCCCN1C(=O)C(C)(C)Oc2ccc(CO[C@@H]3CC[C@@H](CC(C)(C)C(=O)NCC4CCOCC4)NC3)cc21. The lowest BCUT2D eigenvalue weighted by atomic mass is 9.82. The number of carbonyl (C=O) groups is 2. The second-order valence-electron chi connectivity index (χ2n) is 12.7. The summed E-state index contributed by atoms with van der Waals surface area (Å²) in [5, 5.41) is 6.81. The summed E-state index contributed by atoms with van der Waals surface area (Å²) in [7, 11) is 1.67. The molecule has 2 saturated heterocycles. The predicted octanol–water partition coefficient (Wildman–Crippen LogP) is 3.82. The minimum absolute atomic E-state index is 0.0446. The Morgan fingerprint density at radius 1 is 1.20 bits per heavy atom. The molecule has 1 aromatic rings. The third kappa shape index (κ3) is 7.96. The maximum atomic E-state index is 13.1. The number of nitrogens with one attached hydrogen (secondary N) is 2. The van der Waals surface area contributed by atoms with E-state index in [4.69, 9.17) is 18.9 Å². The molecule has 3 aliphatic heterocycles. The number of hydrogen-bond donors (Lipinski definition) is 2. The van der Waals surface area contributed by atoms with Crippen LogP contribution in [0.25, 0.3) is 0 Å². The van der Waals surface area contributed by atoms with E-state index in [1.54, 1.807) is 7.11 Å². The van der Waals surface area contributed by atoms with Crippen molar-refractivity contribution in [1.82, 2.24) is 10.6 Å². The summed E-state index contributed by atoms with van der Waals surface area (Å²) in [4.78, 5) is 27.8. The van der Waals surface area contributed by atoms with Crippen molar-refractivity contribution < 1.29 is 28.5 Å². The van der Waals surface area contributed by atoms with E-state index in [0.717, 1.165) is 76.1 Å². The molecule has 0 unspecified atom stereocenters. The molecule has 40 heavy (non-hydrogen) atoms. The molecule has 0 saturated carbocycles.